The molecule has 2 unspecified atom stereocenters. The van der Waals surface area contributed by atoms with E-state index in [2.05, 4.69) is 0 Å². The van der Waals surface area contributed by atoms with E-state index in [0.29, 0.717) is 22.9 Å². The van der Waals surface area contributed by atoms with E-state index in [-0.39, 0.29) is 0 Å². The van der Waals surface area contributed by atoms with Crippen molar-refractivity contribution < 1.29 is 18.9 Å². The molecule has 130 valence electrons. The smallest absolute Gasteiger partial charge is 0.197 e. The van der Waals surface area contributed by atoms with Crippen LogP contribution in [-0.2, 0) is 9.47 Å². The van der Waals surface area contributed by atoms with Crippen molar-refractivity contribution in [1.82, 2.24) is 0 Å². The first-order valence-corrected chi connectivity index (χ1v) is 7.64. The van der Waals surface area contributed by atoms with E-state index in [1.165, 1.54) is 0 Å². The molecule has 24 heavy (non-hydrogen) atoms. The van der Waals surface area contributed by atoms with Crippen molar-refractivity contribution >= 4 is 11.4 Å². The van der Waals surface area contributed by atoms with Gasteiger partial charge in [-0.1, -0.05) is 30.3 Å². The minimum atomic E-state index is -0.516. The second-order valence-corrected chi connectivity index (χ2v) is 5.29. The summed E-state index contributed by atoms with van der Waals surface area (Å²) in [5.74, 6) is 0.804. The highest BCUT2D eigenvalue weighted by Gasteiger charge is 2.22. The van der Waals surface area contributed by atoms with Gasteiger partial charge >= 0.3 is 0 Å². The van der Waals surface area contributed by atoms with Gasteiger partial charge in [0, 0.05) is 19.8 Å². The number of rotatable bonds is 7. The second-order valence-electron chi connectivity index (χ2n) is 5.29. The van der Waals surface area contributed by atoms with Crippen LogP contribution in [0.3, 0.4) is 0 Å². The van der Waals surface area contributed by atoms with Crippen molar-refractivity contribution in [2.24, 2.45) is 0 Å². The fourth-order valence-electron chi connectivity index (χ4n) is 2.17. The summed E-state index contributed by atoms with van der Waals surface area (Å²) in [4.78, 5) is 0. The number of methoxy groups -OCH3 is 2. The highest BCUT2D eigenvalue weighted by Crippen LogP contribution is 2.46. The maximum atomic E-state index is 6.12. The first-order chi connectivity index (χ1) is 11.5. The van der Waals surface area contributed by atoms with Gasteiger partial charge in [-0.3, -0.25) is 0 Å². The quantitative estimate of drug-likeness (QED) is 0.597. The van der Waals surface area contributed by atoms with Gasteiger partial charge in [0.1, 0.15) is 5.69 Å². The van der Waals surface area contributed by atoms with Crippen LogP contribution in [0.5, 0.6) is 11.5 Å². The number of hydrogen-bond donors (Lipinski definition) is 2. The lowest BCUT2D eigenvalue weighted by atomic mass is 10.0. The Hall–Kier alpha value is -2.44. The van der Waals surface area contributed by atoms with Crippen molar-refractivity contribution in [2.75, 3.05) is 25.7 Å². The molecular weight excluding hydrogens is 308 g/mol. The number of ether oxygens (including phenoxy) is 4. The molecule has 6 nitrogen and oxygen atoms in total. The summed E-state index contributed by atoms with van der Waals surface area (Å²) in [6.45, 7) is 3.54. The zero-order chi connectivity index (χ0) is 17.7. The van der Waals surface area contributed by atoms with Crippen molar-refractivity contribution in [3.8, 4) is 22.6 Å². The summed E-state index contributed by atoms with van der Waals surface area (Å²) in [5.41, 5.74) is 14.6. The van der Waals surface area contributed by atoms with Crippen LogP contribution in [-0.4, -0.2) is 26.8 Å². The molecule has 2 aromatic carbocycles. The van der Waals surface area contributed by atoms with Gasteiger partial charge in [0.25, 0.3) is 0 Å². The Labute approximate surface area is 142 Å². The molecule has 4 N–H and O–H groups in total. The van der Waals surface area contributed by atoms with E-state index in [1.807, 2.05) is 30.3 Å². The normalized spacial score (nSPS) is 13.3. The van der Waals surface area contributed by atoms with Gasteiger partial charge < -0.3 is 30.4 Å². The van der Waals surface area contributed by atoms with E-state index in [0.717, 1.165) is 11.1 Å². The van der Waals surface area contributed by atoms with Gasteiger partial charge in [0.05, 0.1) is 5.69 Å². The van der Waals surface area contributed by atoms with Gasteiger partial charge in [-0.2, -0.15) is 0 Å². The van der Waals surface area contributed by atoms with Gasteiger partial charge in [-0.15, -0.1) is 0 Å². The Kier molecular flexibility index (Phi) is 5.89. The van der Waals surface area contributed by atoms with E-state index < -0.39 is 12.6 Å². The Bertz CT molecular complexity index is 676. The third-order valence-electron chi connectivity index (χ3n) is 3.62. The maximum Gasteiger partial charge on any atom is 0.197 e. The average Bonchev–Trinajstić information content (AvgIpc) is 2.61. The minimum absolute atomic E-state index is 0.303. The summed E-state index contributed by atoms with van der Waals surface area (Å²) in [6, 6.07) is 11.5. The molecule has 0 saturated carbocycles. The van der Waals surface area contributed by atoms with E-state index in [9.17, 15) is 0 Å². The molecule has 0 radical (unpaired) electrons. The summed E-state index contributed by atoms with van der Waals surface area (Å²) in [5, 5.41) is 0. The van der Waals surface area contributed by atoms with Crippen LogP contribution in [0.4, 0.5) is 11.4 Å². The number of anilines is 2. The summed E-state index contributed by atoms with van der Waals surface area (Å²) >= 11 is 0. The summed E-state index contributed by atoms with van der Waals surface area (Å²) in [6.07, 6.45) is -1.01. The Balaban J connectivity index is 2.64. The fraction of sp³-hybridized carbons (Fsp3) is 0.333. The third kappa shape index (κ3) is 3.90. The van der Waals surface area contributed by atoms with Crippen LogP contribution in [0.1, 0.15) is 13.8 Å². The van der Waals surface area contributed by atoms with Gasteiger partial charge in [0.2, 0.25) is 0 Å². The first kappa shape index (κ1) is 17.9. The van der Waals surface area contributed by atoms with E-state index >= 15 is 0 Å². The van der Waals surface area contributed by atoms with Crippen molar-refractivity contribution in [1.29, 1.82) is 0 Å². The largest absolute Gasteiger partial charge is 0.461 e. The van der Waals surface area contributed by atoms with E-state index in [4.69, 9.17) is 30.4 Å². The number of hydrogen-bond acceptors (Lipinski definition) is 6. The molecule has 0 spiro atoms. The van der Waals surface area contributed by atoms with Crippen LogP contribution in [0.15, 0.2) is 36.4 Å². The lowest BCUT2D eigenvalue weighted by Crippen LogP contribution is -2.19. The average molecular weight is 332 g/mol. The van der Waals surface area contributed by atoms with Gasteiger partial charge in [0.15, 0.2) is 24.1 Å². The molecule has 0 aliphatic carbocycles. The predicted octanol–water partition coefficient (Wildman–Crippen LogP) is 3.26. The Morgan fingerprint density at radius 1 is 0.833 bits per heavy atom. The van der Waals surface area contributed by atoms with Crippen LogP contribution in [0.2, 0.25) is 0 Å². The third-order valence-corrected chi connectivity index (χ3v) is 3.62. The fourth-order valence-corrected chi connectivity index (χ4v) is 2.17. The first-order valence-electron chi connectivity index (χ1n) is 7.64. The van der Waals surface area contributed by atoms with Gasteiger partial charge in [-0.25, -0.2) is 0 Å². The summed E-state index contributed by atoms with van der Waals surface area (Å²) in [7, 11) is 3.11. The van der Waals surface area contributed by atoms with Crippen LogP contribution < -0.4 is 20.9 Å². The number of nitrogen functional groups attached to an aromatic ring is 2. The zero-order valence-electron chi connectivity index (χ0n) is 14.4. The van der Waals surface area contributed by atoms with Crippen molar-refractivity contribution in [3.05, 3.63) is 36.4 Å². The molecule has 0 aliphatic heterocycles. The number of nitrogens with two attached hydrogens (primary N) is 2. The van der Waals surface area contributed by atoms with Crippen molar-refractivity contribution in [2.45, 2.75) is 26.4 Å². The molecule has 0 aliphatic rings. The van der Waals surface area contributed by atoms with Crippen LogP contribution in [0, 0.1) is 0 Å². The minimum Gasteiger partial charge on any atom is -0.461 e. The van der Waals surface area contributed by atoms with E-state index in [1.54, 1.807) is 34.1 Å². The SMILES string of the molecule is COC(C)Oc1c(-c2ccccc2)cc(N)c(N)c1OC(C)OC. The van der Waals surface area contributed by atoms with Crippen LogP contribution in [0.25, 0.3) is 11.1 Å². The van der Waals surface area contributed by atoms with Gasteiger partial charge in [-0.05, 0) is 25.5 Å². The molecule has 0 saturated heterocycles. The predicted molar refractivity (Wildman–Crippen MR) is 94.9 cm³/mol. The lowest BCUT2D eigenvalue weighted by molar-refractivity contribution is -0.0546. The maximum absolute atomic E-state index is 6.12. The van der Waals surface area contributed by atoms with Crippen molar-refractivity contribution in [3.63, 3.8) is 0 Å². The Morgan fingerprint density at radius 2 is 1.38 bits per heavy atom. The molecule has 0 fully saturated rings. The molecule has 6 heteroatoms. The standard InChI is InChI=1S/C18H24N2O4/c1-11(21-3)23-17-14(13-8-6-5-7-9-13)10-15(19)16(20)18(17)24-12(2)22-4/h5-12H,19-20H2,1-4H3. The molecule has 0 bridgehead atoms. The molecule has 2 aromatic rings. The summed E-state index contributed by atoms with van der Waals surface area (Å²) < 4.78 is 22.1. The Morgan fingerprint density at radius 3 is 1.92 bits per heavy atom. The zero-order valence-corrected chi connectivity index (χ0v) is 14.4. The molecule has 0 amide bonds. The van der Waals surface area contributed by atoms with Crippen LogP contribution >= 0.6 is 0 Å². The molecule has 0 aromatic heterocycles. The molecule has 2 rings (SSSR count). The monoisotopic (exact) mass is 332 g/mol. The topological polar surface area (TPSA) is 89.0 Å². The lowest BCUT2D eigenvalue weighted by Gasteiger charge is -2.23. The molecular formula is C18H24N2O4. The number of benzene rings is 2. The molecule has 2 atom stereocenters. The second kappa shape index (κ2) is 7.90. The molecule has 0 heterocycles. The highest BCUT2D eigenvalue weighted by molar-refractivity contribution is 5.86. The highest BCUT2D eigenvalue weighted by atomic mass is 16.7.